The molecule has 20 heavy (non-hydrogen) atoms. The smallest absolute Gasteiger partial charge is 0.310 e. The molecule has 1 atom stereocenters. The number of hydrogen-bond acceptors (Lipinski definition) is 5. The number of aromatic hydroxyl groups is 3. The number of rotatable bonds is 3. The van der Waals surface area contributed by atoms with Gasteiger partial charge in [0.1, 0.15) is 0 Å². The van der Waals surface area contributed by atoms with Crippen LogP contribution in [0.4, 0.5) is 0 Å². The molecule has 0 aliphatic rings. The highest BCUT2D eigenvalue weighted by Crippen LogP contribution is 2.49. The zero-order valence-electron chi connectivity index (χ0n) is 10.9. The van der Waals surface area contributed by atoms with Crippen LogP contribution < -0.4 is 4.74 Å². The second-order valence-corrected chi connectivity index (χ2v) is 4.44. The number of carbonyl (C=O) groups is 1. The maximum Gasteiger partial charge on any atom is 0.310 e. The molecule has 0 saturated carbocycles. The van der Waals surface area contributed by atoms with Crippen molar-refractivity contribution in [3.63, 3.8) is 0 Å². The van der Waals surface area contributed by atoms with Gasteiger partial charge >= 0.3 is 5.97 Å². The second kappa shape index (κ2) is 4.80. The van der Waals surface area contributed by atoms with Crippen LogP contribution in [0.25, 0.3) is 10.8 Å². The van der Waals surface area contributed by atoms with Gasteiger partial charge in [-0.1, -0.05) is 12.1 Å². The molecule has 0 unspecified atom stereocenters. The number of aliphatic carboxylic acids is 1. The minimum atomic E-state index is -1.01. The number of ether oxygens (including phenoxy) is 1. The molecule has 0 heterocycles. The zero-order valence-corrected chi connectivity index (χ0v) is 10.9. The summed E-state index contributed by atoms with van der Waals surface area (Å²) in [5.41, 5.74) is 0.448. The van der Waals surface area contributed by atoms with Gasteiger partial charge in [0.15, 0.2) is 11.5 Å². The molecule has 2 aromatic rings. The first-order valence-electron chi connectivity index (χ1n) is 5.85. The molecule has 6 nitrogen and oxygen atoms in total. The highest BCUT2D eigenvalue weighted by atomic mass is 16.5. The topological polar surface area (TPSA) is 107 Å². The third kappa shape index (κ3) is 1.95. The summed E-state index contributed by atoms with van der Waals surface area (Å²) in [6.45, 7) is 1.50. The summed E-state index contributed by atoms with van der Waals surface area (Å²) in [4.78, 5) is 11.0. The van der Waals surface area contributed by atoms with Gasteiger partial charge in [-0.15, -0.1) is 0 Å². The Kier molecular flexibility index (Phi) is 3.31. The van der Waals surface area contributed by atoms with Gasteiger partial charge in [0, 0.05) is 10.8 Å². The van der Waals surface area contributed by atoms with Crippen LogP contribution in [0.1, 0.15) is 18.4 Å². The minimum absolute atomic E-state index is 0.159. The van der Waals surface area contributed by atoms with E-state index in [2.05, 4.69) is 0 Å². The highest BCUT2D eigenvalue weighted by molar-refractivity contribution is 5.98. The molecule has 0 spiro atoms. The van der Waals surface area contributed by atoms with Crippen LogP contribution in [-0.2, 0) is 4.79 Å². The lowest BCUT2D eigenvalue weighted by Gasteiger charge is -2.13. The number of methoxy groups -OCH3 is 1. The number of carboxylic acids is 1. The normalized spacial score (nSPS) is 12.3. The Morgan fingerprint density at radius 3 is 2.30 bits per heavy atom. The first-order valence-corrected chi connectivity index (χ1v) is 5.85. The van der Waals surface area contributed by atoms with Gasteiger partial charge in [-0.25, -0.2) is 0 Å². The van der Waals surface area contributed by atoms with Crippen LogP contribution in [0.15, 0.2) is 18.2 Å². The van der Waals surface area contributed by atoms with Crippen LogP contribution in [0.3, 0.4) is 0 Å². The predicted molar refractivity (Wildman–Crippen MR) is 71.5 cm³/mol. The van der Waals surface area contributed by atoms with Crippen molar-refractivity contribution in [2.75, 3.05) is 7.11 Å². The Morgan fingerprint density at radius 1 is 1.10 bits per heavy atom. The molecule has 4 N–H and O–H groups in total. The summed E-state index contributed by atoms with van der Waals surface area (Å²) in [5, 5.41) is 39.1. The van der Waals surface area contributed by atoms with Crippen molar-refractivity contribution < 1.29 is 30.0 Å². The molecule has 0 radical (unpaired) electrons. The fourth-order valence-electron chi connectivity index (χ4n) is 2.04. The van der Waals surface area contributed by atoms with Crippen molar-refractivity contribution in [2.45, 2.75) is 12.8 Å². The van der Waals surface area contributed by atoms with E-state index in [1.165, 1.54) is 32.2 Å². The number of hydrogen-bond donors (Lipinski definition) is 4. The summed E-state index contributed by atoms with van der Waals surface area (Å²) in [7, 11) is 1.25. The lowest BCUT2D eigenvalue weighted by molar-refractivity contribution is -0.138. The summed E-state index contributed by atoms with van der Waals surface area (Å²) >= 11 is 0. The van der Waals surface area contributed by atoms with Crippen LogP contribution >= 0.6 is 0 Å². The largest absolute Gasteiger partial charge is 0.504 e. The lowest BCUT2D eigenvalue weighted by atomic mass is 9.96. The van der Waals surface area contributed by atoms with E-state index >= 15 is 0 Å². The van der Waals surface area contributed by atoms with Gasteiger partial charge in [0.05, 0.1) is 13.0 Å². The van der Waals surface area contributed by atoms with E-state index in [0.717, 1.165) is 0 Å². The molecule has 2 rings (SSSR count). The number of fused-ring (bicyclic) bond motifs is 1. The first kappa shape index (κ1) is 13.8. The number of carboxylic acid groups (broad SMARTS) is 1. The van der Waals surface area contributed by atoms with E-state index in [1.807, 2.05) is 0 Å². The SMILES string of the molecule is COc1c(O)c(O)c2cc([C@H](C)C(=O)O)ccc2c1O. The Morgan fingerprint density at radius 2 is 1.75 bits per heavy atom. The Balaban J connectivity index is 2.76. The van der Waals surface area contributed by atoms with Crippen molar-refractivity contribution in [3.05, 3.63) is 23.8 Å². The van der Waals surface area contributed by atoms with Gasteiger partial charge in [-0.05, 0) is 18.6 Å². The average molecular weight is 278 g/mol. The van der Waals surface area contributed by atoms with Gasteiger partial charge in [0.25, 0.3) is 0 Å². The van der Waals surface area contributed by atoms with Crippen molar-refractivity contribution >= 4 is 16.7 Å². The molecule has 0 aromatic heterocycles. The van der Waals surface area contributed by atoms with E-state index in [-0.39, 0.29) is 22.3 Å². The minimum Gasteiger partial charge on any atom is -0.504 e. The molecule has 6 heteroatoms. The quantitative estimate of drug-likeness (QED) is 0.506. The maximum absolute atomic E-state index is 11.0. The highest BCUT2D eigenvalue weighted by Gasteiger charge is 2.21. The summed E-state index contributed by atoms with van der Waals surface area (Å²) < 4.78 is 4.83. The third-order valence-corrected chi connectivity index (χ3v) is 3.28. The van der Waals surface area contributed by atoms with Gasteiger partial charge in [-0.2, -0.15) is 0 Å². The number of phenolic OH excluding ortho intramolecular Hbond substituents is 3. The van der Waals surface area contributed by atoms with Crippen LogP contribution in [0.2, 0.25) is 0 Å². The molecular weight excluding hydrogens is 264 g/mol. The average Bonchev–Trinajstić information content (AvgIpc) is 2.44. The van der Waals surface area contributed by atoms with E-state index in [4.69, 9.17) is 9.84 Å². The van der Waals surface area contributed by atoms with Crippen molar-refractivity contribution in [2.24, 2.45) is 0 Å². The Hall–Kier alpha value is -2.63. The van der Waals surface area contributed by atoms with Crippen molar-refractivity contribution in [1.82, 2.24) is 0 Å². The molecule has 0 fully saturated rings. The summed E-state index contributed by atoms with van der Waals surface area (Å²) in [5.74, 6) is -3.37. The van der Waals surface area contributed by atoms with Crippen LogP contribution in [-0.4, -0.2) is 33.5 Å². The van der Waals surface area contributed by atoms with E-state index in [9.17, 15) is 20.1 Å². The van der Waals surface area contributed by atoms with E-state index < -0.39 is 23.4 Å². The van der Waals surface area contributed by atoms with Crippen LogP contribution in [0, 0.1) is 0 Å². The Labute approximate surface area is 114 Å². The molecule has 2 aromatic carbocycles. The molecule has 0 amide bonds. The zero-order chi connectivity index (χ0) is 15.0. The monoisotopic (exact) mass is 278 g/mol. The maximum atomic E-state index is 11.0. The molecule has 106 valence electrons. The van der Waals surface area contributed by atoms with Gasteiger partial charge in [0.2, 0.25) is 11.5 Å². The third-order valence-electron chi connectivity index (χ3n) is 3.28. The fraction of sp³-hybridized carbons (Fsp3) is 0.214. The number of benzene rings is 2. The molecule has 0 aliphatic heterocycles. The fourth-order valence-corrected chi connectivity index (χ4v) is 2.04. The summed E-state index contributed by atoms with van der Waals surface area (Å²) in [6.07, 6.45) is 0. The Bertz CT molecular complexity index is 692. The standard InChI is InChI=1S/C14H14O6/c1-6(14(18)19)7-3-4-8-9(5-7)10(15)12(17)13(20-2)11(8)16/h3-6,15-17H,1-2H3,(H,18,19)/t6-/m0/s1. The van der Waals surface area contributed by atoms with E-state index in [0.29, 0.717) is 5.56 Å². The molecule has 0 saturated heterocycles. The lowest BCUT2D eigenvalue weighted by Crippen LogP contribution is -2.07. The number of phenols is 3. The van der Waals surface area contributed by atoms with Gasteiger partial charge in [-0.3, -0.25) is 4.79 Å². The van der Waals surface area contributed by atoms with E-state index in [1.54, 1.807) is 0 Å². The molecular formula is C14H14O6. The van der Waals surface area contributed by atoms with Crippen molar-refractivity contribution in [3.8, 4) is 23.0 Å². The van der Waals surface area contributed by atoms with Gasteiger partial charge < -0.3 is 25.2 Å². The summed E-state index contributed by atoms with van der Waals surface area (Å²) in [6, 6.07) is 4.43. The first-order chi connectivity index (χ1) is 9.38. The van der Waals surface area contributed by atoms with Crippen LogP contribution in [0.5, 0.6) is 23.0 Å². The second-order valence-electron chi connectivity index (χ2n) is 4.44. The predicted octanol–water partition coefficient (Wildman–Crippen LogP) is 2.15. The van der Waals surface area contributed by atoms with Crippen molar-refractivity contribution in [1.29, 1.82) is 0 Å². The molecule has 0 bridgehead atoms. The molecule has 0 aliphatic carbocycles.